The maximum atomic E-state index is 9.85. The highest BCUT2D eigenvalue weighted by Crippen LogP contribution is 1.79. The molecular weight excluding hydrogens is 128 g/mol. The number of guanidine groups is 1. The molecule has 0 aromatic carbocycles. The van der Waals surface area contributed by atoms with Crippen molar-refractivity contribution in [1.82, 2.24) is 5.43 Å². The predicted molar refractivity (Wildman–Crippen MR) is 27.9 cm³/mol. The molecule has 0 amide bonds. The third kappa shape index (κ3) is 4.97. The van der Waals surface area contributed by atoms with Gasteiger partial charge in [-0.15, -0.1) is 5.43 Å². The molecule has 54 valence electrons. The van der Waals surface area contributed by atoms with E-state index in [2.05, 4.69) is 4.99 Å². The van der Waals surface area contributed by atoms with E-state index in [0.717, 1.165) is 0 Å². The Morgan fingerprint density at radius 3 is 2.33 bits per heavy atom. The molecule has 9 heavy (non-hydrogen) atoms. The van der Waals surface area contributed by atoms with Crippen LogP contribution in [0.15, 0.2) is 4.99 Å². The number of aliphatic imine (C=N–C) groups is 1. The van der Waals surface area contributed by atoms with Gasteiger partial charge in [0.25, 0.3) is 0 Å². The largest absolute Gasteiger partial charge is 0.537 e. The van der Waals surface area contributed by atoms with E-state index in [-0.39, 0.29) is 5.96 Å². The van der Waals surface area contributed by atoms with Crippen LogP contribution < -0.4 is 11.2 Å². The lowest BCUT2D eigenvalue weighted by Gasteiger charge is -2.22. The lowest BCUT2D eigenvalue weighted by atomic mass is 11.0. The third-order valence-electron chi connectivity index (χ3n) is 0.501. The minimum atomic E-state index is -2.66. The van der Waals surface area contributed by atoms with Crippen LogP contribution in [0.2, 0.25) is 0 Å². The Morgan fingerprint density at radius 2 is 2.22 bits per heavy atom. The fraction of sp³-hybridized carbons (Fsp3) is 0.500. The molecule has 0 atom stereocenters. The molecule has 0 spiro atoms. The number of nitrogens with one attached hydrogen (secondary N) is 1. The van der Waals surface area contributed by atoms with Crippen LogP contribution in [0.4, 0.5) is 0 Å². The number of nitrogens with two attached hydrogens (primary N) is 1. The lowest BCUT2D eigenvalue weighted by Crippen LogP contribution is -2.53. The van der Waals surface area contributed by atoms with Gasteiger partial charge >= 0.3 is 0 Å². The summed E-state index contributed by atoms with van der Waals surface area (Å²) in [6.45, 7) is 0. The monoisotopic (exact) mass is 136 g/mol. The highest BCUT2D eigenvalue weighted by molar-refractivity contribution is 5.76. The molecule has 0 rings (SSSR count). The molecule has 0 bridgehead atoms. The Kier molecular flexibility index (Phi) is 2.34. The van der Waals surface area contributed by atoms with Crippen LogP contribution in [0.3, 0.4) is 0 Å². The maximum Gasteiger partial charge on any atom is 0.241 e. The van der Waals surface area contributed by atoms with Crippen LogP contribution in [0.1, 0.15) is 0 Å². The summed E-state index contributed by atoms with van der Waals surface area (Å²) in [6, 6.07) is 0. The first-order valence-electron chi connectivity index (χ1n) is 2.02. The molecule has 0 fully saturated rings. The summed E-state index contributed by atoms with van der Waals surface area (Å²) >= 11 is 0. The normalized spacial score (nSPS) is 13.6. The molecule has 0 radical (unpaired) electrons. The van der Waals surface area contributed by atoms with Gasteiger partial charge in [-0.05, 0) is 0 Å². The number of quaternary nitrogens is 1. The third-order valence-corrected chi connectivity index (χ3v) is 0.501. The average molecular weight is 136 g/mol. The summed E-state index contributed by atoms with van der Waals surface area (Å²) in [4.78, 5) is 3.22. The van der Waals surface area contributed by atoms with Crippen LogP contribution in [0.25, 0.3) is 0 Å². The molecule has 0 saturated heterocycles. The van der Waals surface area contributed by atoms with Crippen molar-refractivity contribution in [1.29, 1.82) is 0 Å². The topological polar surface area (TPSA) is 114 Å². The lowest BCUT2D eigenvalue weighted by molar-refractivity contribution is -1.24. The summed E-state index contributed by atoms with van der Waals surface area (Å²) in [7, 11) is 1.29. The summed E-state index contributed by atoms with van der Waals surface area (Å²) < 4.78 is 0. The second kappa shape index (κ2) is 2.60. The highest BCUT2D eigenvalue weighted by atomic mass is 17.1. The summed E-state index contributed by atoms with van der Waals surface area (Å²) in [6.07, 6.45) is 0. The summed E-state index contributed by atoms with van der Waals surface area (Å²) in [5.74, 6) is -0.352. The van der Waals surface area contributed by atoms with Gasteiger partial charge in [0.2, 0.25) is 5.96 Å². The van der Waals surface area contributed by atoms with E-state index in [4.69, 9.17) is 16.1 Å². The van der Waals surface area contributed by atoms with Gasteiger partial charge in [-0.1, -0.05) is 0 Å². The minimum absolute atomic E-state index is 0.352. The van der Waals surface area contributed by atoms with E-state index in [1.807, 2.05) is 0 Å². The van der Waals surface area contributed by atoms with Gasteiger partial charge in [0.15, 0.2) is 0 Å². The molecular formula is C2H8N4O3. The second-order valence-corrected chi connectivity index (χ2v) is 1.26. The van der Waals surface area contributed by atoms with Crippen LogP contribution >= 0.6 is 0 Å². The molecule has 0 aromatic heterocycles. The zero-order chi connectivity index (χ0) is 7.49. The minimum Gasteiger partial charge on any atom is -0.537 e. The summed E-state index contributed by atoms with van der Waals surface area (Å²) in [5.41, 5.74) is 6.35. The zero-order valence-corrected chi connectivity index (χ0v) is 4.77. The van der Waals surface area contributed by atoms with Crippen LogP contribution in [0, 0.1) is 5.21 Å². The Hall–Kier alpha value is -0.890. The van der Waals surface area contributed by atoms with Crippen molar-refractivity contribution in [3.8, 4) is 0 Å². The predicted octanol–water partition coefficient (Wildman–Crippen LogP) is -1.47. The highest BCUT2D eigenvalue weighted by Gasteiger charge is 2.07. The van der Waals surface area contributed by atoms with E-state index in [0.29, 0.717) is 0 Å². The van der Waals surface area contributed by atoms with E-state index < -0.39 is 5.08 Å². The molecule has 0 aliphatic rings. The first-order chi connectivity index (χ1) is 3.95. The van der Waals surface area contributed by atoms with Crippen LogP contribution in [-0.2, 0) is 0 Å². The Bertz CT molecular complexity index is 115. The molecule has 0 aliphatic carbocycles. The number of hydrogen-bond donors (Lipinski definition) is 4. The number of hydrogen-bond acceptors (Lipinski definition) is 4. The Balaban J connectivity index is 3.75. The van der Waals surface area contributed by atoms with E-state index in [9.17, 15) is 5.21 Å². The zero-order valence-electron chi connectivity index (χ0n) is 4.77. The van der Waals surface area contributed by atoms with E-state index >= 15 is 0 Å². The van der Waals surface area contributed by atoms with E-state index in [1.54, 1.807) is 0 Å². The molecule has 0 heterocycles. The van der Waals surface area contributed by atoms with Crippen molar-refractivity contribution in [3.63, 3.8) is 0 Å². The van der Waals surface area contributed by atoms with Crippen LogP contribution in [-0.4, -0.2) is 28.5 Å². The van der Waals surface area contributed by atoms with Crippen molar-refractivity contribution in [2.75, 3.05) is 7.05 Å². The number of rotatable bonds is 1. The van der Waals surface area contributed by atoms with Crippen molar-refractivity contribution in [2.45, 2.75) is 0 Å². The van der Waals surface area contributed by atoms with E-state index in [1.165, 1.54) is 12.5 Å². The van der Waals surface area contributed by atoms with Gasteiger partial charge in [-0.3, -0.25) is 4.99 Å². The van der Waals surface area contributed by atoms with Crippen molar-refractivity contribution < 1.29 is 15.5 Å². The van der Waals surface area contributed by atoms with Crippen molar-refractivity contribution in [2.24, 2.45) is 10.7 Å². The first kappa shape index (κ1) is 8.11. The maximum absolute atomic E-state index is 9.85. The van der Waals surface area contributed by atoms with Gasteiger partial charge in [-0.2, -0.15) is 10.4 Å². The standard InChI is InChI=1S/C2H8N4O3/c1-4-2(3)5-6(7,8)9/h7-8H,1H3,(H3,3,4,5). The SMILES string of the molecule is CN=C(N)N[N+]([O-])(O)O. The van der Waals surface area contributed by atoms with Gasteiger partial charge in [-0.25, -0.2) is 0 Å². The average Bonchev–Trinajstić information content (AvgIpc) is 1.62. The molecule has 0 aliphatic heterocycles. The van der Waals surface area contributed by atoms with Crippen molar-refractivity contribution in [3.05, 3.63) is 5.21 Å². The van der Waals surface area contributed by atoms with Gasteiger partial charge in [0.05, 0.1) is 0 Å². The fourth-order valence-corrected chi connectivity index (χ4v) is 0.199. The molecule has 5 N–H and O–H groups in total. The molecule has 0 unspecified atom stereocenters. The molecule has 7 heteroatoms. The Morgan fingerprint density at radius 1 is 1.78 bits per heavy atom. The molecule has 7 nitrogen and oxygen atoms in total. The first-order valence-corrected chi connectivity index (χ1v) is 2.02. The molecule has 0 aromatic rings. The smallest absolute Gasteiger partial charge is 0.241 e. The second-order valence-electron chi connectivity index (χ2n) is 1.26. The van der Waals surface area contributed by atoms with Gasteiger partial charge in [0.1, 0.15) is 0 Å². The Labute approximate surface area is 51.1 Å². The molecule has 0 saturated carbocycles. The van der Waals surface area contributed by atoms with Gasteiger partial charge < -0.3 is 10.9 Å². The fourth-order valence-electron chi connectivity index (χ4n) is 0.199. The van der Waals surface area contributed by atoms with Crippen LogP contribution in [0.5, 0.6) is 0 Å². The quantitative estimate of drug-likeness (QED) is 0.152. The number of nitrogens with zero attached hydrogens (tertiary/aromatic N) is 2. The van der Waals surface area contributed by atoms with Gasteiger partial charge in [0, 0.05) is 12.1 Å². The summed E-state index contributed by atoms with van der Waals surface area (Å²) in [5, 5.41) is 23.2. The van der Waals surface area contributed by atoms with Crippen molar-refractivity contribution >= 4 is 5.96 Å².